The monoisotopic (exact) mass is 234 g/mol. The van der Waals surface area contributed by atoms with Crippen molar-refractivity contribution >= 4 is 11.6 Å². The van der Waals surface area contributed by atoms with Gasteiger partial charge in [0.05, 0.1) is 6.61 Å². The van der Waals surface area contributed by atoms with Gasteiger partial charge in [0.1, 0.15) is 11.5 Å². The van der Waals surface area contributed by atoms with E-state index in [1.165, 1.54) is 0 Å². The summed E-state index contributed by atoms with van der Waals surface area (Å²) in [5.41, 5.74) is 0.860. The highest BCUT2D eigenvalue weighted by molar-refractivity contribution is 6.30. The first-order valence-corrected chi connectivity index (χ1v) is 5.29. The predicted molar refractivity (Wildman–Crippen MR) is 63.9 cm³/mol. The fourth-order valence-electron chi connectivity index (χ4n) is 1.33. The Morgan fingerprint density at radius 3 is 2.38 bits per heavy atom. The third-order valence-corrected chi connectivity index (χ3v) is 2.37. The number of aliphatic hydroxyl groups is 1. The summed E-state index contributed by atoms with van der Waals surface area (Å²) >= 11 is 5.85. The van der Waals surface area contributed by atoms with Crippen molar-refractivity contribution in [1.82, 2.24) is 0 Å². The molecule has 16 heavy (non-hydrogen) atoms. The van der Waals surface area contributed by atoms with E-state index in [-0.39, 0.29) is 6.61 Å². The molecule has 0 aliphatic heterocycles. The molecule has 0 aliphatic rings. The van der Waals surface area contributed by atoms with Crippen LogP contribution in [-0.2, 0) is 6.61 Å². The van der Waals surface area contributed by atoms with Crippen LogP contribution in [-0.4, -0.2) is 5.11 Å². The van der Waals surface area contributed by atoms with E-state index in [9.17, 15) is 0 Å². The van der Waals surface area contributed by atoms with Crippen molar-refractivity contribution in [2.24, 2.45) is 0 Å². The van der Waals surface area contributed by atoms with Crippen LogP contribution in [0.5, 0.6) is 11.5 Å². The van der Waals surface area contributed by atoms with E-state index < -0.39 is 0 Å². The largest absolute Gasteiger partial charge is 0.457 e. The second-order valence-electron chi connectivity index (χ2n) is 3.36. The fourth-order valence-corrected chi connectivity index (χ4v) is 1.51. The first-order valence-electron chi connectivity index (χ1n) is 4.91. The highest BCUT2D eigenvalue weighted by Crippen LogP contribution is 2.24. The molecule has 2 nitrogen and oxygen atoms in total. The van der Waals surface area contributed by atoms with Gasteiger partial charge in [0.25, 0.3) is 0 Å². The molecular formula is C13H11ClO2. The summed E-state index contributed by atoms with van der Waals surface area (Å²) in [6.45, 7) is 0.0391. The lowest BCUT2D eigenvalue weighted by molar-refractivity contribution is 0.281. The second-order valence-corrected chi connectivity index (χ2v) is 3.80. The Balaban J connectivity index is 2.14. The first-order chi connectivity index (χ1) is 7.78. The Labute approximate surface area is 99.1 Å². The van der Waals surface area contributed by atoms with Crippen LogP contribution in [0.2, 0.25) is 5.02 Å². The van der Waals surface area contributed by atoms with Crippen molar-refractivity contribution < 1.29 is 9.84 Å². The fraction of sp³-hybridized carbons (Fsp3) is 0.0769. The number of benzene rings is 2. The van der Waals surface area contributed by atoms with Gasteiger partial charge in [0, 0.05) is 5.02 Å². The summed E-state index contributed by atoms with van der Waals surface area (Å²) in [6.07, 6.45) is 0. The van der Waals surface area contributed by atoms with Gasteiger partial charge in [0.2, 0.25) is 0 Å². The SMILES string of the molecule is OCc1ccc(Oc2cccc(Cl)c2)cc1. The average Bonchev–Trinajstić information content (AvgIpc) is 2.30. The second kappa shape index (κ2) is 5.01. The van der Waals surface area contributed by atoms with E-state index in [1.807, 2.05) is 36.4 Å². The molecule has 0 amide bonds. The molecule has 0 spiro atoms. The van der Waals surface area contributed by atoms with Crippen LogP contribution in [0, 0.1) is 0 Å². The molecular weight excluding hydrogens is 224 g/mol. The molecule has 0 atom stereocenters. The topological polar surface area (TPSA) is 29.5 Å². The van der Waals surface area contributed by atoms with Crippen LogP contribution < -0.4 is 4.74 Å². The van der Waals surface area contributed by atoms with Crippen LogP contribution in [0.1, 0.15) is 5.56 Å². The van der Waals surface area contributed by atoms with Gasteiger partial charge in [-0.15, -0.1) is 0 Å². The standard InChI is InChI=1S/C13H11ClO2/c14-11-2-1-3-13(8-11)16-12-6-4-10(9-15)5-7-12/h1-8,15H,9H2. The lowest BCUT2D eigenvalue weighted by atomic mass is 10.2. The summed E-state index contributed by atoms with van der Waals surface area (Å²) in [4.78, 5) is 0. The summed E-state index contributed by atoms with van der Waals surface area (Å²) in [5, 5.41) is 9.54. The van der Waals surface area contributed by atoms with E-state index >= 15 is 0 Å². The molecule has 2 aromatic carbocycles. The van der Waals surface area contributed by atoms with Gasteiger partial charge >= 0.3 is 0 Å². The van der Waals surface area contributed by atoms with E-state index in [0.29, 0.717) is 10.8 Å². The molecule has 3 heteroatoms. The Hall–Kier alpha value is -1.51. The van der Waals surface area contributed by atoms with Gasteiger partial charge in [-0.05, 0) is 35.9 Å². The summed E-state index contributed by atoms with van der Waals surface area (Å²) in [7, 11) is 0. The first kappa shape index (κ1) is 11.0. The third-order valence-electron chi connectivity index (χ3n) is 2.14. The van der Waals surface area contributed by atoms with Crippen LogP contribution in [0.15, 0.2) is 48.5 Å². The molecule has 0 aromatic heterocycles. The van der Waals surface area contributed by atoms with Crippen LogP contribution in [0.4, 0.5) is 0 Å². The van der Waals surface area contributed by atoms with Gasteiger partial charge in [-0.3, -0.25) is 0 Å². The Morgan fingerprint density at radius 2 is 1.75 bits per heavy atom. The quantitative estimate of drug-likeness (QED) is 0.879. The molecule has 0 saturated carbocycles. The van der Waals surface area contributed by atoms with E-state index in [2.05, 4.69) is 0 Å². The minimum absolute atomic E-state index is 0.0391. The molecule has 0 radical (unpaired) electrons. The van der Waals surface area contributed by atoms with Crippen molar-refractivity contribution in [2.75, 3.05) is 0 Å². The van der Waals surface area contributed by atoms with Crippen molar-refractivity contribution in [3.05, 3.63) is 59.1 Å². The van der Waals surface area contributed by atoms with Gasteiger partial charge < -0.3 is 9.84 Å². The van der Waals surface area contributed by atoms with Gasteiger partial charge in [-0.1, -0.05) is 29.8 Å². The maximum atomic E-state index is 8.90. The molecule has 2 rings (SSSR count). The number of halogens is 1. The smallest absolute Gasteiger partial charge is 0.128 e. The van der Waals surface area contributed by atoms with Crippen molar-refractivity contribution in [3.63, 3.8) is 0 Å². The van der Waals surface area contributed by atoms with Gasteiger partial charge in [-0.25, -0.2) is 0 Å². The molecule has 82 valence electrons. The highest BCUT2D eigenvalue weighted by Gasteiger charge is 1.98. The molecule has 0 heterocycles. The van der Waals surface area contributed by atoms with Crippen molar-refractivity contribution in [2.45, 2.75) is 6.61 Å². The van der Waals surface area contributed by atoms with Crippen molar-refractivity contribution in [3.8, 4) is 11.5 Å². The Morgan fingerprint density at radius 1 is 1.00 bits per heavy atom. The molecule has 2 aromatic rings. The predicted octanol–water partition coefficient (Wildman–Crippen LogP) is 3.62. The number of ether oxygens (including phenoxy) is 1. The van der Waals surface area contributed by atoms with Crippen LogP contribution in [0.25, 0.3) is 0 Å². The molecule has 0 fully saturated rings. The van der Waals surface area contributed by atoms with Crippen LogP contribution >= 0.6 is 11.6 Å². The maximum absolute atomic E-state index is 8.90. The van der Waals surface area contributed by atoms with Crippen molar-refractivity contribution in [1.29, 1.82) is 0 Å². The number of hydrogen-bond donors (Lipinski definition) is 1. The Kier molecular flexibility index (Phi) is 3.44. The molecule has 0 aliphatic carbocycles. The zero-order valence-electron chi connectivity index (χ0n) is 8.56. The van der Waals surface area contributed by atoms with E-state index in [0.717, 1.165) is 11.3 Å². The minimum atomic E-state index is 0.0391. The minimum Gasteiger partial charge on any atom is -0.457 e. The summed E-state index contributed by atoms with van der Waals surface area (Å²) in [5.74, 6) is 1.42. The summed E-state index contributed by atoms with van der Waals surface area (Å²) in [6, 6.07) is 14.5. The molecule has 1 N–H and O–H groups in total. The molecule has 0 saturated heterocycles. The highest BCUT2D eigenvalue weighted by atomic mass is 35.5. The normalized spacial score (nSPS) is 10.1. The third kappa shape index (κ3) is 2.75. The van der Waals surface area contributed by atoms with Gasteiger partial charge in [-0.2, -0.15) is 0 Å². The lowest BCUT2D eigenvalue weighted by Crippen LogP contribution is -1.86. The van der Waals surface area contributed by atoms with Crippen LogP contribution in [0.3, 0.4) is 0 Å². The average molecular weight is 235 g/mol. The summed E-state index contributed by atoms with van der Waals surface area (Å²) < 4.78 is 5.59. The zero-order valence-corrected chi connectivity index (χ0v) is 9.32. The lowest BCUT2D eigenvalue weighted by Gasteiger charge is -2.06. The maximum Gasteiger partial charge on any atom is 0.128 e. The molecule has 0 unspecified atom stereocenters. The van der Waals surface area contributed by atoms with E-state index in [1.54, 1.807) is 12.1 Å². The van der Waals surface area contributed by atoms with Gasteiger partial charge in [0.15, 0.2) is 0 Å². The van der Waals surface area contributed by atoms with E-state index in [4.69, 9.17) is 21.4 Å². The molecule has 0 bridgehead atoms. The Bertz CT molecular complexity index is 466. The number of aliphatic hydroxyl groups excluding tert-OH is 1. The number of rotatable bonds is 3. The zero-order chi connectivity index (χ0) is 11.4. The number of hydrogen-bond acceptors (Lipinski definition) is 2.